The van der Waals surface area contributed by atoms with Gasteiger partial charge in [-0.3, -0.25) is 4.79 Å². The number of nitrogens with one attached hydrogen (secondary N) is 1. The lowest BCUT2D eigenvalue weighted by atomic mass is 9.91. The molecule has 1 aliphatic rings. The predicted molar refractivity (Wildman–Crippen MR) is 74.2 cm³/mol. The van der Waals surface area contributed by atoms with Crippen LogP contribution in [0.2, 0.25) is 10.0 Å². The summed E-state index contributed by atoms with van der Waals surface area (Å²) in [6.45, 7) is 0. The molecule has 3 N–H and O–H groups in total. The predicted octanol–water partition coefficient (Wildman–Crippen LogP) is 2.99. The van der Waals surface area contributed by atoms with Crippen LogP contribution in [0, 0.1) is 0 Å². The minimum absolute atomic E-state index is 0.142. The van der Waals surface area contributed by atoms with E-state index in [2.05, 4.69) is 5.32 Å². The van der Waals surface area contributed by atoms with Crippen molar-refractivity contribution < 1.29 is 4.79 Å². The summed E-state index contributed by atoms with van der Waals surface area (Å²) in [5, 5.41) is 3.90. The van der Waals surface area contributed by atoms with Gasteiger partial charge in [0.25, 0.3) is 5.91 Å². The maximum atomic E-state index is 12.1. The van der Waals surface area contributed by atoms with E-state index >= 15 is 0 Å². The highest BCUT2D eigenvalue weighted by molar-refractivity contribution is 6.36. The summed E-state index contributed by atoms with van der Waals surface area (Å²) in [5.74, 6) is -0.142. The summed E-state index contributed by atoms with van der Waals surface area (Å²) in [6, 6.07) is 5.36. The second-order valence-electron chi connectivity index (χ2n) is 4.71. The van der Waals surface area contributed by atoms with Gasteiger partial charge in [-0.1, -0.05) is 23.2 Å². The molecule has 1 aliphatic carbocycles. The number of benzene rings is 1. The van der Waals surface area contributed by atoms with Crippen molar-refractivity contribution in [2.75, 3.05) is 0 Å². The molecule has 5 heteroatoms. The van der Waals surface area contributed by atoms with E-state index in [1.165, 1.54) is 0 Å². The van der Waals surface area contributed by atoms with E-state index < -0.39 is 0 Å². The molecule has 1 saturated carbocycles. The van der Waals surface area contributed by atoms with Crippen molar-refractivity contribution in [3.05, 3.63) is 33.8 Å². The van der Waals surface area contributed by atoms with E-state index in [1.54, 1.807) is 18.2 Å². The largest absolute Gasteiger partial charge is 0.349 e. The molecule has 0 aliphatic heterocycles. The smallest absolute Gasteiger partial charge is 0.253 e. The van der Waals surface area contributed by atoms with E-state index in [1.807, 2.05) is 0 Å². The molecule has 3 nitrogen and oxygen atoms in total. The third kappa shape index (κ3) is 3.37. The van der Waals surface area contributed by atoms with Gasteiger partial charge in [0.2, 0.25) is 0 Å². The Morgan fingerprint density at radius 1 is 1.22 bits per heavy atom. The van der Waals surface area contributed by atoms with Crippen LogP contribution in [0.1, 0.15) is 36.0 Å². The molecule has 0 aromatic heterocycles. The van der Waals surface area contributed by atoms with Crippen molar-refractivity contribution in [2.45, 2.75) is 37.8 Å². The first kappa shape index (κ1) is 13.7. The van der Waals surface area contributed by atoms with Crippen LogP contribution in [0.3, 0.4) is 0 Å². The monoisotopic (exact) mass is 286 g/mol. The number of halogens is 2. The van der Waals surface area contributed by atoms with Gasteiger partial charge in [0.05, 0.1) is 10.6 Å². The standard InChI is InChI=1S/C13H16Cl2N2O/c14-8-1-6-11(12(15)7-8)13(18)17-10-4-2-9(16)3-5-10/h1,6-7,9-10H,2-5,16H2,(H,17,18). The Bertz CT molecular complexity index is 443. The lowest BCUT2D eigenvalue weighted by molar-refractivity contribution is 0.0926. The SMILES string of the molecule is NC1CCC(NC(=O)c2ccc(Cl)cc2Cl)CC1. The fourth-order valence-corrected chi connectivity index (χ4v) is 2.69. The maximum absolute atomic E-state index is 12.1. The zero-order valence-corrected chi connectivity index (χ0v) is 11.5. The third-order valence-corrected chi connectivity index (χ3v) is 3.83. The van der Waals surface area contributed by atoms with Gasteiger partial charge in [-0.15, -0.1) is 0 Å². The van der Waals surface area contributed by atoms with Crippen molar-refractivity contribution in [1.29, 1.82) is 0 Å². The van der Waals surface area contributed by atoms with E-state index in [4.69, 9.17) is 28.9 Å². The maximum Gasteiger partial charge on any atom is 0.253 e. The summed E-state index contributed by atoms with van der Waals surface area (Å²) in [6.07, 6.45) is 3.77. The van der Waals surface area contributed by atoms with Crippen molar-refractivity contribution in [2.24, 2.45) is 5.73 Å². The molecule has 2 rings (SSSR count). The minimum atomic E-state index is -0.142. The molecule has 1 amide bonds. The number of hydrogen-bond donors (Lipinski definition) is 2. The third-order valence-electron chi connectivity index (χ3n) is 3.28. The average molecular weight is 287 g/mol. The highest BCUT2D eigenvalue weighted by Crippen LogP contribution is 2.22. The lowest BCUT2D eigenvalue weighted by Crippen LogP contribution is -2.40. The molecule has 1 aromatic rings. The molecule has 0 unspecified atom stereocenters. The van der Waals surface area contributed by atoms with Crippen molar-refractivity contribution in [3.8, 4) is 0 Å². The molecular weight excluding hydrogens is 271 g/mol. The van der Waals surface area contributed by atoms with Crippen LogP contribution in [0.15, 0.2) is 18.2 Å². The van der Waals surface area contributed by atoms with Gasteiger partial charge in [0.15, 0.2) is 0 Å². The van der Waals surface area contributed by atoms with Gasteiger partial charge in [0.1, 0.15) is 0 Å². The molecule has 18 heavy (non-hydrogen) atoms. The Hall–Kier alpha value is -0.770. The van der Waals surface area contributed by atoms with Crippen LogP contribution in [0.25, 0.3) is 0 Å². The lowest BCUT2D eigenvalue weighted by Gasteiger charge is -2.26. The van der Waals surface area contributed by atoms with Gasteiger partial charge in [0, 0.05) is 17.1 Å². The number of amides is 1. The first-order chi connectivity index (χ1) is 8.56. The highest BCUT2D eigenvalue weighted by Gasteiger charge is 2.21. The molecule has 0 radical (unpaired) electrons. The fraction of sp³-hybridized carbons (Fsp3) is 0.462. The summed E-state index contributed by atoms with van der Waals surface area (Å²) < 4.78 is 0. The van der Waals surface area contributed by atoms with E-state index in [0.717, 1.165) is 25.7 Å². The first-order valence-electron chi connectivity index (χ1n) is 6.08. The average Bonchev–Trinajstić information content (AvgIpc) is 2.32. The summed E-state index contributed by atoms with van der Waals surface area (Å²) in [4.78, 5) is 12.1. The van der Waals surface area contributed by atoms with E-state index in [9.17, 15) is 4.79 Å². The van der Waals surface area contributed by atoms with Crippen molar-refractivity contribution >= 4 is 29.1 Å². The summed E-state index contributed by atoms with van der Waals surface area (Å²) >= 11 is 11.8. The summed E-state index contributed by atoms with van der Waals surface area (Å²) in [5.41, 5.74) is 6.30. The normalized spacial score (nSPS) is 23.7. The first-order valence-corrected chi connectivity index (χ1v) is 6.83. The second kappa shape index (κ2) is 5.91. The van der Waals surface area contributed by atoms with Crippen LogP contribution in [-0.4, -0.2) is 18.0 Å². The van der Waals surface area contributed by atoms with E-state index in [0.29, 0.717) is 15.6 Å². The van der Waals surface area contributed by atoms with Gasteiger partial charge in [-0.05, 0) is 43.9 Å². The topological polar surface area (TPSA) is 55.1 Å². The number of nitrogens with two attached hydrogens (primary N) is 1. The Kier molecular flexibility index (Phi) is 4.49. The molecule has 0 saturated heterocycles. The number of carbonyl (C=O) groups excluding carboxylic acids is 1. The van der Waals surface area contributed by atoms with Crippen molar-refractivity contribution in [3.63, 3.8) is 0 Å². The summed E-state index contributed by atoms with van der Waals surface area (Å²) in [7, 11) is 0. The molecule has 98 valence electrons. The Labute approximate surface area is 117 Å². The molecule has 0 heterocycles. The van der Waals surface area contributed by atoms with Crippen LogP contribution < -0.4 is 11.1 Å². The minimum Gasteiger partial charge on any atom is -0.349 e. The number of rotatable bonds is 2. The number of hydrogen-bond acceptors (Lipinski definition) is 2. The molecule has 0 atom stereocenters. The van der Waals surface area contributed by atoms with Gasteiger partial charge in [-0.25, -0.2) is 0 Å². The van der Waals surface area contributed by atoms with Gasteiger partial charge >= 0.3 is 0 Å². The molecule has 1 aromatic carbocycles. The second-order valence-corrected chi connectivity index (χ2v) is 5.55. The van der Waals surface area contributed by atoms with Crippen LogP contribution in [0.4, 0.5) is 0 Å². The van der Waals surface area contributed by atoms with Gasteiger partial charge in [-0.2, -0.15) is 0 Å². The molecule has 0 bridgehead atoms. The zero-order chi connectivity index (χ0) is 13.1. The van der Waals surface area contributed by atoms with Gasteiger partial charge < -0.3 is 11.1 Å². The Balaban J connectivity index is 1.99. The molecule has 1 fully saturated rings. The Morgan fingerprint density at radius 3 is 2.50 bits per heavy atom. The molecule has 0 spiro atoms. The highest BCUT2D eigenvalue weighted by atomic mass is 35.5. The zero-order valence-electron chi connectivity index (χ0n) is 9.96. The fourth-order valence-electron chi connectivity index (χ4n) is 2.20. The molecular formula is C13H16Cl2N2O. The van der Waals surface area contributed by atoms with Crippen molar-refractivity contribution in [1.82, 2.24) is 5.32 Å². The van der Waals surface area contributed by atoms with Crippen LogP contribution >= 0.6 is 23.2 Å². The van der Waals surface area contributed by atoms with Crippen LogP contribution in [-0.2, 0) is 0 Å². The van der Waals surface area contributed by atoms with E-state index in [-0.39, 0.29) is 18.0 Å². The van der Waals surface area contributed by atoms with Crippen LogP contribution in [0.5, 0.6) is 0 Å². The number of carbonyl (C=O) groups is 1. The quantitative estimate of drug-likeness (QED) is 0.878. The Morgan fingerprint density at radius 2 is 1.89 bits per heavy atom.